The van der Waals surface area contributed by atoms with Crippen molar-refractivity contribution in [3.8, 4) is 0 Å². The van der Waals surface area contributed by atoms with Crippen LogP contribution in [-0.2, 0) is 0 Å². The number of anilines is 1. The highest BCUT2D eigenvalue weighted by Gasteiger charge is 2.15. The first-order chi connectivity index (χ1) is 8.25. The van der Waals surface area contributed by atoms with Gasteiger partial charge in [-0.2, -0.15) is 0 Å². The molecule has 1 saturated carbocycles. The number of nitrogen functional groups attached to an aromatic ring is 1. The van der Waals surface area contributed by atoms with Gasteiger partial charge in [0, 0.05) is 17.8 Å². The van der Waals surface area contributed by atoms with E-state index in [-0.39, 0.29) is 0 Å². The molecule has 94 valence electrons. The number of hydrogen-bond donors (Lipinski definition) is 2. The number of rotatable bonds is 3. The van der Waals surface area contributed by atoms with Gasteiger partial charge in [-0.05, 0) is 37.5 Å². The van der Waals surface area contributed by atoms with Crippen molar-refractivity contribution in [2.24, 2.45) is 0 Å². The summed E-state index contributed by atoms with van der Waals surface area (Å²) in [4.78, 5) is 0. The lowest BCUT2D eigenvalue weighted by atomic mass is 10.0. The highest BCUT2D eigenvalue weighted by atomic mass is 14.9. The van der Waals surface area contributed by atoms with Crippen LogP contribution in [0.4, 0.5) is 5.69 Å². The van der Waals surface area contributed by atoms with Gasteiger partial charge in [0.05, 0.1) is 0 Å². The average molecular weight is 232 g/mol. The van der Waals surface area contributed by atoms with Gasteiger partial charge in [-0.1, -0.05) is 37.8 Å². The maximum Gasteiger partial charge on any atom is 0.0314 e. The molecule has 1 aliphatic rings. The normalized spacial score (nSPS) is 19.8. The van der Waals surface area contributed by atoms with E-state index in [0.29, 0.717) is 12.1 Å². The zero-order valence-electron chi connectivity index (χ0n) is 10.8. The summed E-state index contributed by atoms with van der Waals surface area (Å²) in [6, 6.07) is 9.36. The van der Waals surface area contributed by atoms with Crippen LogP contribution in [0.15, 0.2) is 24.3 Å². The summed E-state index contributed by atoms with van der Waals surface area (Å²) in [7, 11) is 0. The molecule has 3 N–H and O–H groups in total. The largest absolute Gasteiger partial charge is 0.399 e. The molecule has 0 saturated heterocycles. The first kappa shape index (κ1) is 12.4. The molecule has 2 nitrogen and oxygen atoms in total. The van der Waals surface area contributed by atoms with Gasteiger partial charge in [0.1, 0.15) is 0 Å². The van der Waals surface area contributed by atoms with E-state index < -0.39 is 0 Å². The fraction of sp³-hybridized carbons (Fsp3) is 0.600. The van der Waals surface area contributed by atoms with Crippen LogP contribution in [0.3, 0.4) is 0 Å². The van der Waals surface area contributed by atoms with Crippen LogP contribution < -0.4 is 11.1 Å². The molecule has 1 aromatic carbocycles. The first-order valence-electron chi connectivity index (χ1n) is 6.87. The Morgan fingerprint density at radius 3 is 2.24 bits per heavy atom. The first-order valence-corrected chi connectivity index (χ1v) is 6.87. The summed E-state index contributed by atoms with van der Waals surface area (Å²) in [5, 5.41) is 3.75. The lowest BCUT2D eigenvalue weighted by molar-refractivity contribution is 0.414. The molecular weight excluding hydrogens is 208 g/mol. The van der Waals surface area contributed by atoms with E-state index in [1.54, 1.807) is 0 Å². The second-order valence-corrected chi connectivity index (χ2v) is 5.24. The van der Waals surface area contributed by atoms with Crippen molar-refractivity contribution in [3.05, 3.63) is 29.8 Å². The van der Waals surface area contributed by atoms with Gasteiger partial charge in [-0.25, -0.2) is 0 Å². The molecule has 1 atom stereocenters. The SMILES string of the molecule is CC(NC1CCCCCC1)c1ccc(N)cc1. The Kier molecular flexibility index (Phi) is 4.43. The summed E-state index contributed by atoms with van der Waals surface area (Å²) < 4.78 is 0. The van der Waals surface area contributed by atoms with Crippen LogP contribution in [0.5, 0.6) is 0 Å². The van der Waals surface area contributed by atoms with Crippen molar-refractivity contribution >= 4 is 5.69 Å². The molecule has 1 aromatic rings. The van der Waals surface area contributed by atoms with Crippen molar-refractivity contribution in [1.29, 1.82) is 0 Å². The van der Waals surface area contributed by atoms with Crippen LogP contribution in [0, 0.1) is 0 Å². The quantitative estimate of drug-likeness (QED) is 0.617. The van der Waals surface area contributed by atoms with Gasteiger partial charge in [0.2, 0.25) is 0 Å². The summed E-state index contributed by atoms with van der Waals surface area (Å²) in [6.07, 6.45) is 8.25. The molecule has 0 spiro atoms. The third-order valence-electron chi connectivity index (χ3n) is 3.78. The number of nitrogens with one attached hydrogen (secondary N) is 1. The molecule has 2 rings (SSSR count). The van der Waals surface area contributed by atoms with E-state index in [0.717, 1.165) is 5.69 Å². The Morgan fingerprint density at radius 1 is 1.06 bits per heavy atom. The van der Waals surface area contributed by atoms with Crippen LogP contribution in [0.2, 0.25) is 0 Å². The lowest BCUT2D eigenvalue weighted by Gasteiger charge is -2.22. The lowest BCUT2D eigenvalue weighted by Crippen LogP contribution is -2.31. The number of hydrogen-bond acceptors (Lipinski definition) is 2. The maximum absolute atomic E-state index is 5.71. The van der Waals surface area contributed by atoms with E-state index in [9.17, 15) is 0 Å². The van der Waals surface area contributed by atoms with Gasteiger partial charge in [-0.3, -0.25) is 0 Å². The molecule has 0 aliphatic heterocycles. The second kappa shape index (κ2) is 6.06. The molecule has 0 heterocycles. The minimum Gasteiger partial charge on any atom is -0.399 e. The Labute approximate surface area is 105 Å². The summed E-state index contributed by atoms with van der Waals surface area (Å²) >= 11 is 0. The Bertz CT molecular complexity index is 323. The van der Waals surface area contributed by atoms with Gasteiger partial charge in [-0.15, -0.1) is 0 Å². The van der Waals surface area contributed by atoms with Crippen molar-refractivity contribution in [3.63, 3.8) is 0 Å². The van der Waals surface area contributed by atoms with E-state index in [4.69, 9.17) is 5.73 Å². The second-order valence-electron chi connectivity index (χ2n) is 5.24. The number of nitrogens with two attached hydrogens (primary N) is 1. The molecule has 0 radical (unpaired) electrons. The molecule has 0 aromatic heterocycles. The van der Waals surface area contributed by atoms with Crippen LogP contribution in [0.1, 0.15) is 57.1 Å². The predicted molar refractivity (Wildman–Crippen MR) is 73.9 cm³/mol. The molecule has 1 fully saturated rings. The molecule has 2 heteroatoms. The Morgan fingerprint density at radius 2 is 1.65 bits per heavy atom. The molecule has 0 amide bonds. The van der Waals surface area contributed by atoms with Crippen LogP contribution >= 0.6 is 0 Å². The third-order valence-corrected chi connectivity index (χ3v) is 3.78. The van der Waals surface area contributed by atoms with Gasteiger partial charge >= 0.3 is 0 Å². The van der Waals surface area contributed by atoms with Crippen molar-refractivity contribution in [2.45, 2.75) is 57.5 Å². The Hall–Kier alpha value is -1.02. The van der Waals surface area contributed by atoms with Crippen molar-refractivity contribution in [1.82, 2.24) is 5.32 Å². The fourth-order valence-corrected chi connectivity index (χ4v) is 2.68. The molecule has 0 bridgehead atoms. The highest BCUT2D eigenvalue weighted by molar-refractivity contribution is 5.40. The van der Waals surface area contributed by atoms with Crippen molar-refractivity contribution in [2.75, 3.05) is 5.73 Å². The van der Waals surface area contributed by atoms with E-state index >= 15 is 0 Å². The number of benzene rings is 1. The molecule has 1 unspecified atom stereocenters. The van der Waals surface area contributed by atoms with Crippen molar-refractivity contribution < 1.29 is 0 Å². The van der Waals surface area contributed by atoms with Crippen LogP contribution in [0.25, 0.3) is 0 Å². The minimum absolute atomic E-state index is 0.429. The zero-order valence-corrected chi connectivity index (χ0v) is 10.8. The summed E-state index contributed by atoms with van der Waals surface area (Å²) in [5.41, 5.74) is 7.89. The zero-order chi connectivity index (χ0) is 12.1. The van der Waals surface area contributed by atoms with E-state index in [2.05, 4.69) is 24.4 Å². The summed E-state index contributed by atoms with van der Waals surface area (Å²) in [6.45, 7) is 2.25. The summed E-state index contributed by atoms with van der Waals surface area (Å²) in [5.74, 6) is 0. The topological polar surface area (TPSA) is 38.0 Å². The van der Waals surface area contributed by atoms with E-state index in [1.807, 2.05) is 12.1 Å². The monoisotopic (exact) mass is 232 g/mol. The Balaban J connectivity index is 1.91. The molecular formula is C15H24N2. The molecule has 17 heavy (non-hydrogen) atoms. The van der Waals surface area contributed by atoms with Gasteiger partial charge < -0.3 is 11.1 Å². The fourth-order valence-electron chi connectivity index (χ4n) is 2.68. The minimum atomic E-state index is 0.429. The van der Waals surface area contributed by atoms with Crippen LogP contribution in [-0.4, -0.2) is 6.04 Å². The average Bonchev–Trinajstić information content (AvgIpc) is 2.58. The smallest absolute Gasteiger partial charge is 0.0314 e. The molecule has 1 aliphatic carbocycles. The van der Waals surface area contributed by atoms with Gasteiger partial charge in [0.15, 0.2) is 0 Å². The highest BCUT2D eigenvalue weighted by Crippen LogP contribution is 2.21. The maximum atomic E-state index is 5.71. The standard InChI is InChI=1S/C15H24N2/c1-12(13-8-10-14(16)11-9-13)17-15-6-4-2-3-5-7-15/h8-12,15,17H,2-7,16H2,1H3. The van der Waals surface area contributed by atoms with Gasteiger partial charge in [0.25, 0.3) is 0 Å². The third kappa shape index (κ3) is 3.74. The predicted octanol–water partition coefficient (Wildman–Crippen LogP) is 3.64. The van der Waals surface area contributed by atoms with E-state index in [1.165, 1.54) is 44.1 Å².